The molecule has 6 heteroatoms. The van der Waals surface area contributed by atoms with E-state index in [1.807, 2.05) is 36.1 Å². The highest BCUT2D eigenvalue weighted by atomic mass is 35.5. The number of nitrogens with one attached hydrogen (secondary N) is 1. The summed E-state index contributed by atoms with van der Waals surface area (Å²) in [4.78, 5) is 22.9. The van der Waals surface area contributed by atoms with Crippen molar-refractivity contribution in [2.45, 2.75) is 32.9 Å². The first-order chi connectivity index (χ1) is 11.1. The predicted molar refractivity (Wildman–Crippen MR) is 90.5 cm³/mol. The summed E-state index contributed by atoms with van der Waals surface area (Å²) in [6.45, 7) is 4.81. The Hall–Kier alpha value is -2.14. The molecule has 0 saturated heterocycles. The molecule has 0 fully saturated rings. The number of unbranched alkanes of at least 4 members (excludes halogenated alkanes) is 1. The van der Waals surface area contributed by atoms with E-state index in [4.69, 9.17) is 11.6 Å². The number of benzene rings is 1. The molecule has 2 heterocycles. The molecule has 2 aromatic rings. The fourth-order valence-corrected chi connectivity index (χ4v) is 3.04. The van der Waals surface area contributed by atoms with Crippen molar-refractivity contribution in [3.63, 3.8) is 0 Å². The van der Waals surface area contributed by atoms with E-state index in [9.17, 15) is 4.79 Å². The van der Waals surface area contributed by atoms with Gasteiger partial charge in [-0.3, -0.25) is 4.79 Å². The van der Waals surface area contributed by atoms with E-state index in [1.165, 1.54) is 6.33 Å². The molecule has 120 valence electrons. The molecule has 0 aliphatic carbocycles. The SMILES string of the molecule is CCCCN1C(=O)c2c(Cl)ncnc2NC1c1ccccc1C. The Labute approximate surface area is 140 Å². The number of hydrogen-bond donors (Lipinski definition) is 1. The molecule has 1 N–H and O–H groups in total. The smallest absolute Gasteiger partial charge is 0.262 e. The molecule has 1 atom stereocenters. The molecule has 0 radical (unpaired) electrons. The van der Waals surface area contributed by atoms with E-state index in [0.717, 1.165) is 24.0 Å². The number of halogens is 1. The lowest BCUT2D eigenvalue weighted by Gasteiger charge is -2.38. The van der Waals surface area contributed by atoms with E-state index in [0.29, 0.717) is 17.9 Å². The minimum atomic E-state index is -0.242. The van der Waals surface area contributed by atoms with E-state index < -0.39 is 0 Å². The average molecular weight is 331 g/mol. The topological polar surface area (TPSA) is 58.1 Å². The van der Waals surface area contributed by atoms with Crippen LogP contribution in [0.15, 0.2) is 30.6 Å². The van der Waals surface area contributed by atoms with Gasteiger partial charge in [0.2, 0.25) is 0 Å². The normalized spacial score (nSPS) is 16.9. The lowest BCUT2D eigenvalue weighted by Crippen LogP contribution is -2.44. The molecule has 1 aromatic carbocycles. The second-order valence-corrected chi connectivity index (χ2v) is 6.00. The number of rotatable bonds is 4. The molecular weight excluding hydrogens is 312 g/mol. The van der Waals surface area contributed by atoms with Gasteiger partial charge in [-0.15, -0.1) is 0 Å². The maximum Gasteiger partial charge on any atom is 0.262 e. The first-order valence-corrected chi connectivity index (χ1v) is 8.14. The molecule has 0 bridgehead atoms. The Morgan fingerprint density at radius 2 is 2.09 bits per heavy atom. The van der Waals surface area contributed by atoms with Crippen LogP contribution in [-0.4, -0.2) is 27.3 Å². The van der Waals surface area contributed by atoms with E-state index in [-0.39, 0.29) is 17.2 Å². The maximum absolute atomic E-state index is 13.0. The molecule has 1 aliphatic heterocycles. The summed E-state index contributed by atoms with van der Waals surface area (Å²) < 4.78 is 0. The molecule has 3 rings (SSSR count). The quantitative estimate of drug-likeness (QED) is 0.866. The molecule has 0 spiro atoms. The molecule has 5 nitrogen and oxygen atoms in total. The van der Waals surface area contributed by atoms with Gasteiger partial charge in [-0.25, -0.2) is 9.97 Å². The van der Waals surface area contributed by atoms with Crippen molar-refractivity contribution in [3.05, 3.63) is 52.4 Å². The molecule has 23 heavy (non-hydrogen) atoms. The van der Waals surface area contributed by atoms with Gasteiger partial charge >= 0.3 is 0 Å². The third kappa shape index (κ3) is 2.88. The van der Waals surface area contributed by atoms with Gasteiger partial charge in [0.1, 0.15) is 29.0 Å². The lowest BCUT2D eigenvalue weighted by molar-refractivity contribution is 0.0678. The van der Waals surface area contributed by atoms with Crippen LogP contribution in [0.5, 0.6) is 0 Å². The van der Waals surface area contributed by atoms with Crippen LogP contribution >= 0.6 is 11.6 Å². The van der Waals surface area contributed by atoms with E-state index in [2.05, 4.69) is 22.2 Å². The van der Waals surface area contributed by atoms with Crippen molar-refractivity contribution >= 4 is 23.3 Å². The molecule has 0 saturated carbocycles. The van der Waals surface area contributed by atoms with Crippen LogP contribution in [0.1, 0.15) is 47.4 Å². The van der Waals surface area contributed by atoms with Crippen molar-refractivity contribution in [1.82, 2.24) is 14.9 Å². The zero-order chi connectivity index (χ0) is 16.4. The fraction of sp³-hybridized carbons (Fsp3) is 0.353. The number of fused-ring (bicyclic) bond motifs is 1. The van der Waals surface area contributed by atoms with Gasteiger partial charge < -0.3 is 10.2 Å². The highest BCUT2D eigenvalue weighted by Gasteiger charge is 2.35. The fourth-order valence-electron chi connectivity index (χ4n) is 2.83. The predicted octanol–water partition coefficient (Wildman–Crippen LogP) is 3.81. The third-order valence-corrected chi connectivity index (χ3v) is 4.38. The second-order valence-electron chi connectivity index (χ2n) is 5.64. The second kappa shape index (κ2) is 6.54. The minimum Gasteiger partial charge on any atom is -0.345 e. The Bertz CT molecular complexity index is 734. The number of aromatic nitrogens is 2. The van der Waals surface area contributed by atoms with Crippen molar-refractivity contribution < 1.29 is 4.79 Å². The minimum absolute atomic E-state index is 0.119. The van der Waals surface area contributed by atoms with E-state index >= 15 is 0 Å². The molecule has 1 aliphatic rings. The highest BCUT2D eigenvalue weighted by Crippen LogP contribution is 2.35. The summed E-state index contributed by atoms with van der Waals surface area (Å²) in [6, 6.07) is 8.05. The van der Waals surface area contributed by atoms with Crippen LogP contribution in [-0.2, 0) is 0 Å². The van der Waals surface area contributed by atoms with Crippen molar-refractivity contribution in [2.24, 2.45) is 0 Å². The van der Waals surface area contributed by atoms with Crippen LogP contribution in [0.2, 0.25) is 5.15 Å². The number of carbonyl (C=O) groups excluding carboxylic acids is 1. The van der Waals surface area contributed by atoms with Gasteiger partial charge in [0.25, 0.3) is 5.91 Å². The van der Waals surface area contributed by atoms with Gasteiger partial charge in [-0.1, -0.05) is 49.2 Å². The summed E-state index contributed by atoms with van der Waals surface area (Å²) in [7, 11) is 0. The highest BCUT2D eigenvalue weighted by molar-refractivity contribution is 6.33. The van der Waals surface area contributed by atoms with E-state index in [1.54, 1.807) is 0 Å². The Morgan fingerprint density at radius 1 is 1.30 bits per heavy atom. The summed E-state index contributed by atoms with van der Waals surface area (Å²) in [5.74, 6) is 0.377. The number of amides is 1. The van der Waals surface area contributed by atoms with Gasteiger partial charge in [0.15, 0.2) is 0 Å². The third-order valence-electron chi connectivity index (χ3n) is 4.10. The van der Waals surface area contributed by atoms with Crippen molar-refractivity contribution in [3.8, 4) is 0 Å². The van der Waals surface area contributed by atoms with Gasteiger partial charge in [0.05, 0.1) is 0 Å². The van der Waals surface area contributed by atoms with Crippen LogP contribution in [0, 0.1) is 6.92 Å². The molecular formula is C17H19ClN4O. The number of aryl methyl sites for hydroxylation is 1. The zero-order valence-electron chi connectivity index (χ0n) is 13.2. The average Bonchev–Trinajstić information content (AvgIpc) is 2.54. The lowest BCUT2D eigenvalue weighted by atomic mass is 10.0. The summed E-state index contributed by atoms with van der Waals surface area (Å²) in [6.07, 6.45) is 3.07. The summed E-state index contributed by atoms with van der Waals surface area (Å²) in [5.41, 5.74) is 2.55. The molecule has 1 amide bonds. The van der Waals surface area contributed by atoms with Crippen molar-refractivity contribution in [1.29, 1.82) is 0 Å². The monoisotopic (exact) mass is 330 g/mol. The number of anilines is 1. The van der Waals surface area contributed by atoms with Crippen LogP contribution in [0.25, 0.3) is 0 Å². The Kier molecular flexibility index (Phi) is 4.48. The Morgan fingerprint density at radius 3 is 2.83 bits per heavy atom. The zero-order valence-corrected chi connectivity index (χ0v) is 14.0. The van der Waals surface area contributed by atoms with Crippen LogP contribution in [0.4, 0.5) is 5.82 Å². The largest absolute Gasteiger partial charge is 0.345 e. The number of hydrogen-bond acceptors (Lipinski definition) is 4. The van der Waals surface area contributed by atoms with Crippen molar-refractivity contribution in [2.75, 3.05) is 11.9 Å². The maximum atomic E-state index is 13.0. The molecule has 1 unspecified atom stereocenters. The van der Waals surface area contributed by atoms with Gasteiger partial charge in [0, 0.05) is 6.54 Å². The number of carbonyl (C=O) groups is 1. The standard InChI is InChI=1S/C17H19ClN4O/c1-3-4-9-22-16(12-8-6-5-7-11(12)2)21-15-13(17(22)23)14(18)19-10-20-15/h5-8,10,16H,3-4,9H2,1-2H3,(H,19,20,21). The summed E-state index contributed by atoms with van der Waals surface area (Å²) >= 11 is 6.12. The van der Waals surface area contributed by atoms with Gasteiger partial charge in [-0.05, 0) is 24.5 Å². The summed E-state index contributed by atoms with van der Waals surface area (Å²) in [5, 5.41) is 3.55. The molecule has 1 aromatic heterocycles. The van der Waals surface area contributed by atoms with Crippen LogP contribution in [0.3, 0.4) is 0 Å². The first kappa shape index (κ1) is 15.7. The Balaban J connectivity index is 2.07. The van der Waals surface area contributed by atoms with Crippen LogP contribution < -0.4 is 5.32 Å². The van der Waals surface area contributed by atoms with Gasteiger partial charge in [-0.2, -0.15) is 0 Å². The number of nitrogens with zero attached hydrogens (tertiary/aromatic N) is 3. The first-order valence-electron chi connectivity index (χ1n) is 7.77.